The zero-order chi connectivity index (χ0) is 12.9. The van der Waals surface area contributed by atoms with E-state index in [0.717, 1.165) is 25.9 Å². The standard InChI is InChI=1S/C12H24N2O3/c1-4-14(7-8-17-3)9-12(2,11(15)16)13-10-5-6-10/h10,13H,4-9H2,1-3H3,(H,15,16). The summed E-state index contributed by atoms with van der Waals surface area (Å²) in [5, 5.41) is 12.6. The van der Waals surface area contributed by atoms with Gasteiger partial charge in [-0.3, -0.25) is 15.0 Å². The molecule has 0 spiro atoms. The molecular weight excluding hydrogens is 220 g/mol. The number of carboxylic acid groups (broad SMARTS) is 1. The SMILES string of the molecule is CCN(CCOC)CC(C)(NC1CC1)C(=O)O. The summed E-state index contributed by atoms with van der Waals surface area (Å²) >= 11 is 0. The molecule has 0 amide bonds. The Kier molecular flexibility index (Phi) is 5.36. The van der Waals surface area contributed by atoms with Crippen LogP contribution in [0.15, 0.2) is 0 Å². The summed E-state index contributed by atoms with van der Waals surface area (Å²) in [5.74, 6) is -0.778. The van der Waals surface area contributed by atoms with Crippen molar-refractivity contribution in [2.45, 2.75) is 38.3 Å². The molecule has 2 N–H and O–H groups in total. The molecule has 1 atom stereocenters. The predicted octanol–water partition coefficient (Wildman–Crippen LogP) is 0.550. The van der Waals surface area contributed by atoms with Gasteiger partial charge in [0.1, 0.15) is 5.54 Å². The topological polar surface area (TPSA) is 61.8 Å². The van der Waals surface area contributed by atoms with Crippen LogP contribution in [-0.4, -0.2) is 60.9 Å². The first-order valence-corrected chi connectivity index (χ1v) is 6.24. The average molecular weight is 244 g/mol. The van der Waals surface area contributed by atoms with Gasteiger partial charge in [-0.15, -0.1) is 0 Å². The highest BCUT2D eigenvalue weighted by molar-refractivity contribution is 5.78. The van der Waals surface area contributed by atoms with E-state index < -0.39 is 11.5 Å². The summed E-state index contributed by atoms with van der Waals surface area (Å²) in [6.45, 7) is 6.55. The molecule has 5 nitrogen and oxygen atoms in total. The van der Waals surface area contributed by atoms with Crippen molar-refractivity contribution in [3.63, 3.8) is 0 Å². The van der Waals surface area contributed by atoms with Gasteiger partial charge >= 0.3 is 5.97 Å². The van der Waals surface area contributed by atoms with E-state index in [1.165, 1.54) is 0 Å². The van der Waals surface area contributed by atoms with Gasteiger partial charge in [-0.1, -0.05) is 6.92 Å². The summed E-state index contributed by atoms with van der Waals surface area (Å²) in [6.07, 6.45) is 2.18. The Morgan fingerprint density at radius 1 is 1.59 bits per heavy atom. The van der Waals surface area contributed by atoms with Crippen molar-refractivity contribution in [1.82, 2.24) is 10.2 Å². The van der Waals surface area contributed by atoms with E-state index in [0.29, 0.717) is 19.2 Å². The van der Waals surface area contributed by atoms with Gasteiger partial charge in [0.2, 0.25) is 0 Å². The molecule has 1 rings (SSSR count). The highest BCUT2D eigenvalue weighted by Gasteiger charge is 2.39. The maximum atomic E-state index is 11.4. The minimum atomic E-state index is -0.856. The number of aliphatic carboxylic acids is 1. The molecule has 0 heterocycles. The second-order valence-electron chi connectivity index (χ2n) is 4.92. The molecule has 1 unspecified atom stereocenters. The van der Waals surface area contributed by atoms with E-state index in [1.807, 2.05) is 6.92 Å². The van der Waals surface area contributed by atoms with Gasteiger partial charge in [0.25, 0.3) is 0 Å². The molecule has 5 heteroatoms. The van der Waals surface area contributed by atoms with Crippen molar-refractivity contribution < 1.29 is 14.6 Å². The van der Waals surface area contributed by atoms with Crippen LogP contribution in [-0.2, 0) is 9.53 Å². The lowest BCUT2D eigenvalue weighted by molar-refractivity contribution is -0.145. The van der Waals surface area contributed by atoms with Crippen LogP contribution in [0.2, 0.25) is 0 Å². The fourth-order valence-corrected chi connectivity index (χ4v) is 1.87. The lowest BCUT2D eigenvalue weighted by atomic mass is 10.0. The second kappa shape index (κ2) is 6.33. The van der Waals surface area contributed by atoms with Crippen molar-refractivity contribution in [2.75, 3.05) is 33.4 Å². The van der Waals surface area contributed by atoms with Crippen molar-refractivity contribution in [3.8, 4) is 0 Å². The highest BCUT2D eigenvalue weighted by Crippen LogP contribution is 2.23. The number of nitrogens with zero attached hydrogens (tertiary/aromatic N) is 1. The van der Waals surface area contributed by atoms with Gasteiger partial charge in [0, 0.05) is 26.2 Å². The minimum absolute atomic E-state index is 0.386. The molecule has 0 aromatic heterocycles. The largest absolute Gasteiger partial charge is 0.480 e. The molecule has 0 radical (unpaired) electrons. The van der Waals surface area contributed by atoms with E-state index in [2.05, 4.69) is 10.2 Å². The number of hydrogen-bond donors (Lipinski definition) is 2. The maximum Gasteiger partial charge on any atom is 0.324 e. The smallest absolute Gasteiger partial charge is 0.324 e. The molecule has 1 aliphatic rings. The van der Waals surface area contributed by atoms with Crippen LogP contribution in [0, 0.1) is 0 Å². The normalized spacial score (nSPS) is 19.3. The van der Waals surface area contributed by atoms with Crippen LogP contribution in [0.4, 0.5) is 0 Å². The quantitative estimate of drug-likeness (QED) is 0.620. The monoisotopic (exact) mass is 244 g/mol. The zero-order valence-electron chi connectivity index (χ0n) is 11.0. The van der Waals surface area contributed by atoms with E-state index in [-0.39, 0.29) is 0 Å². The van der Waals surface area contributed by atoms with E-state index >= 15 is 0 Å². The fraction of sp³-hybridized carbons (Fsp3) is 0.917. The molecule has 0 aliphatic heterocycles. The summed E-state index contributed by atoms with van der Waals surface area (Å²) < 4.78 is 5.03. The third-order valence-electron chi connectivity index (χ3n) is 3.17. The molecule has 1 aliphatic carbocycles. The van der Waals surface area contributed by atoms with E-state index in [4.69, 9.17) is 4.74 Å². The van der Waals surface area contributed by atoms with Gasteiger partial charge in [-0.05, 0) is 26.3 Å². The van der Waals surface area contributed by atoms with Gasteiger partial charge in [-0.25, -0.2) is 0 Å². The highest BCUT2D eigenvalue weighted by atomic mass is 16.5. The number of nitrogens with one attached hydrogen (secondary N) is 1. The Morgan fingerprint density at radius 3 is 2.65 bits per heavy atom. The van der Waals surface area contributed by atoms with E-state index in [9.17, 15) is 9.90 Å². The van der Waals surface area contributed by atoms with Crippen LogP contribution in [0.3, 0.4) is 0 Å². The third-order valence-corrected chi connectivity index (χ3v) is 3.17. The van der Waals surface area contributed by atoms with Gasteiger partial charge in [0.15, 0.2) is 0 Å². The number of rotatable bonds is 9. The molecule has 1 saturated carbocycles. The molecule has 17 heavy (non-hydrogen) atoms. The molecule has 0 aromatic carbocycles. The molecule has 0 saturated heterocycles. The summed E-state index contributed by atoms with van der Waals surface area (Å²) in [5.41, 5.74) is -0.856. The Morgan fingerprint density at radius 2 is 2.24 bits per heavy atom. The Hall–Kier alpha value is -0.650. The number of carboxylic acids is 1. The molecule has 1 fully saturated rings. The summed E-state index contributed by atoms with van der Waals surface area (Å²) in [4.78, 5) is 13.5. The predicted molar refractivity (Wildman–Crippen MR) is 66.2 cm³/mol. The fourth-order valence-electron chi connectivity index (χ4n) is 1.87. The van der Waals surface area contributed by atoms with Crippen molar-refractivity contribution in [2.24, 2.45) is 0 Å². The van der Waals surface area contributed by atoms with Gasteiger partial charge in [-0.2, -0.15) is 0 Å². The first-order valence-electron chi connectivity index (χ1n) is 6.24. The summed E-state index contributed by atoms with van der Waals surface area (Å²) in [7, 11) is 1.66. The van der Waals surface area contributed by atoms with Crippen LogP contribution in [0.1, 0.15) is 26.7 Å². The summed E-state index contributed by atoms with van der Waals surface area (Å²) in [6, 6.07) is 0.386. The van der Waals surface area contributed by atoms with Crippen molar-refractivity contribution in [3.05, 3.63) is 0 Å². The van der Waals surface area contributed by atoms with Crippen molar-refractivity contribution >= 4 is 5.97 Å². The number of hydrogen-bond acceptors (Lipinski definition) is 4. The number of ether oxygens (including phenoxy) is 1. The van der Waals surface area contributed by atoms with Crippen LogP contribution >= 0.6 is 0 Å². The first-order chi connectivity index (χ1) is 8.01. The number of carbonyl (C=O) groups is 1. The molecule has 0 aromatic rings. The van der Waals surface area contributed by atoms with Crippen LogP contribution < -0.4 is 5.32 Å². The molecule has 100 valence electrons. The molecule has 0 bridgehead atoms. The Bertz CT molecular complexity index is 256. The van der Waals surface area contributed by atoms with Gasteiger partial charge in [0.05, 0.1) is 6.61 Å². The zero-order valence-corrected chi connectivity index (χ0v) is 11.0. The number of methoxy groups -OCH3 is 1. The first kappa shape index (κ1) is 14.4. The third kappa shape index (κ3) is 4.61. The lowest BCUT2D eigenvalue weighted by Gasteiger charge is -2.32. The minimum Gasteiger partial charge on any atom is -0.480 e. The van der Waals surface area contributed by atoms with Crippen LogP contribution in [0.5, 0.6) is 0 Å². The maximum absolute atomic E-state index is 11.4. The Balaban J connectivity index is 2.53. The average Bonchev–Trinajstić information content (AvgIpc) is 3.07. The van der Waals surface area contributed by atoms with Crippen molar-refractivity contribution in [1.29, 1.82) is 0 Å². The van der Waals surface area contributed by atoms with Crippen LogP contribution in [0.25, 0.3) is 0 Å². The lowest BCUT2D eigenvalue weighted by Crippen LogP contribution is -2.58. The second-order valence-corrected chi connectivity index (χ2v) is 4.92. The Labute approximate surface area is 103 Å². The number of likely N-dealkylation sites (N-methyl/N-ethyl adjacent to an activating group) is 1. The molecular formula is C12H24N2O3. The van der Waals surface area contributed by atoms with Gasteiger partial charge < -0.3 is 9.84 Å². The van der Waals surface area contributed by atoms with E-state index in [1.54, 1.807) is 14.0 Å².